The van der Waals surface area contributed by atoms with Crippen LogP contribution < -0.4 is 10.2 Å². The Morgan fingerprint density at radius 2 is 2.04 bits per heavy atom. The average Bonchev–Trinajstić information content (AvgIpc) is 3.05. The average molecular weight is 449 g/mol. The van der Waals surface area contributed by atoms with Gasteiger partial charge in [0.05, 0.1) is 11.6 Å². The van der Waals surface area contributed by atoms with Crippen molar-refractivity contribution in [3.63, 3.8) is 0 Å². The van der Waals surface area contributed by atoms with Crippen LogP contribution in [0.1, 0.15) is 12.0 Å². The Morgan fingerprint density at radius 1 is 1.29 bits per heavy atom. The molecule has 0 radical (unpaired) electrons. The molecule has 2 aromatic rings. The monoisotopic (exact) mass is 448 g/mol. The van der Waals surface area contributed by atoms with Crippen molar-refractivity contribution in [2.75, 3.05) is 23.4 Å². The van der Waals surface area contributed by atoms with E-state index in [1.807, 2.05) is 6.92 Å². The summed E-state index contributed by atoms with van der Waals surface area (Å²) in [4.78, 5) is 37.6. The zero-order valence-corrected chi connectivity index (χ0v) is 16.7. The first-order valence-electron chi connectivity index (χ1n) is 8.62. The molecule has 6 nitrogen and oxygen atoms in total. The summed E-state index contributed by atoms with van der Waals surface area (Å²) in [7, 11) is 0. The number of rotatable bonds is 5. The van der Waals surface area contributed by atoms with Gasteiger partial charge in [-0.05, 0) is 42.8 Å². The molecule has 8 heteroatoms. The van der Waals surface area contributed by atoms with Crippen LogP contribution in [0.3, 0.4) is 0 Å². The van der Waals surface area contributed by atoms with Gasteiger partial charge < -0.3 is 15.0 Å². The maximum Gasteiger partial charge on any atom is 0.311 e. The smallest absolute Gasteiger partial charge is 0.311 e. The molecular formula is C20H18BrFN2O4. The van der Waals surface area contributed by atoms with Crippen molar-refractivity contribution >= 4 is 45.1 Å². The number of nitrogens with one attached hydrogen (secondary N) is 1. The van der Waals surface area contributed by atoms with Crippen molar-refractivity contribution in [3.8, 4) is 0 Å². The fourth-order valence-corrected chi connectivity index (χ4v) is 3.19. The molecule has 0 aromatic heterocycles. The Bertz CT molecular complexity index is 934. The van der Waals surface area contributed by atoms with Gasteiger partial charge in [-0.2, -0.15) is 0 Å². The highest BCUT2D eigenvalue weighted by atomic mass is 79.9. The number of nitrogens with zero attached hydrogens (tertiary/aromatic N) is 1. The van der Waals surface area contributed by atoms with E-state index in [1.54, 1.807) is 24.3 Å². The van der Waals surface area contributed by atoms with E-state index >= 15 is 0 Å². The van der Waals surface area contributed by atoms with Gasteiger partial charge in [0.2, 0.25) is 5.91 Å². The lowest BCUT2D eigenvalue weighted by Crippen LogP contribution is -2.28. The second kappa shape index (κ2) is 8.52. The molecular weight excluding hydrogens is 431 g/mol. The number of amides is 2. The SMILES string of the molecule is Cc1cc(NC(=O)COC(=O)[C@@H]2CC(=O)N(c3ccccc3F)C2)ccc1Br. The number of aryl methyl sites for hydroxylation is 1. The molecule has 0 spiro atoms. The molecule has 1 aliphatic heterocycles. The summed E-state index contributed by atoms with van der Waals surface area (Å²) in [6, 6.07) is 11.2. The summed E-state index contributed by atoms with van der Waals surface area (Å²) in [5, 5.41) is 2.64. The van der Waals surface area contributed by atoms with Crippen molar-refractivity contribution in [1.29, 1.82) is 0 Å². The summed E-state index contributed by atoms with van der Waals surface area (Å²) in [5.41, 5.74) is 1.67. The van der Waals surface area contributed by atoms with Gasteiger partial charge in [0.25, 0.3) is 5.91 Å². The minimum Gasteiger partial charge on any atom is -0.455 e. The zero-order chi connectivity index (χ0) is 20.3. The minimum absolute atomic E-state index is 0.0200. The number of hydrogen-bond donors (Lipinski definition) is 1. The molecule has 0 aliphatic carbocycles. The second-order valence-electron chi connectivity index (χ2n) is 6.48. The van der Waals surface area contributed by atoms with Crippen LogP contribution in [0.2, 0.25) is 0 Å². The minimum atomic E-state index is -0.741. The van der Waals surface area contributed by atoms with Gasteiger partial charge in [-0.25, -0.2) is 4.39 Å². The lowest BCUT2D eigenvalue weighted by Gasteiger charge is -2.17. The van der Waals surface area contributed by atoms with Crippen LogP contribution in [0.4, 0.5) is 15.8 Å². The van der Waals surface area contributed by atoms with E-state index in [0.29, 0.717) is 5.69 Å². The molecule has 0 saturated carbocycles. The number of carbonyl (C=O) groups is 3. The standard InChI is InChI=1S/C20H18BrFN2O4/c1-12-8-14(6-7-15(12)21)23-18(25)11-28-20(27)13-9-19(26)24(10-13)17-5-3-2-4-16(17)22/h2-8,13H,9-11H2,1H3,(H,23,25)/t13-/m1/s1. The quantitative estimate of drug-likeness (QED) is 0.710. The first-order valence-corrected chi connectivity index (χ1v) is 9.42. The van der Waals surface area contributed by atoms with Crippen molar-refractivity contribution in [1.82, 2.24) is 0 Å². The maximum atomic E-state index is 13.9. The summed E-state index contributed by atoms with van der Waals surface area (Å²) in [6.07, 6.45) is -0.0826. The molecule has 1 N–H and O–H groups in total. The van der Waals surface area contributed by atoms with Gasteiger partial charge in [-0.15, -0.1) is 0 Å². The van der Waals surface area contributed by atoms with Crippen LogP contribution in [0.5, 0.6) is 0 Å². The van der Waals surface area contributed by atoms with Gasteiger partial charge in [-0.3, -0.25) is 14.4 Å². The van der Waals surface area contributed by atoms with E-state index < -0.39 is 30.2 Å². The number of ether oxygens (including phenoxy) is 1. The Kier molecular flexibility index (Phi) is 6.08. The molecule has 28 heavy (non-hydrogen) atoms. The predicted octanol–water partition coefficient (Wildman–Crippen LogP) is 3.43. The van der Waals surface area contributed by atoms with Crippen LogP contribution >= 0.6 is 15.9 Å². The van der Waals surface area contributed by atoms with Crippen LogP contribution in [0.15, 0.2) is 46.9 Å². The summed E-state index contributed by atoms with van der Waals surface area (Å²) >= 11 is 3.38. The summed E-state index contributed by atoms with van der Waals surface area (Å²) < 4.78 is 19.9. The first-order chi connectivity index (χ1) is 13.3. The number of esters is 1. The van der Waals surface area contributed by atoms with E-state index in [-0.39, 0.29) is 24.6 Å². The molecule has 1 atom stereocenters. The number of halogens is 2. The lowest BCUT2D eigenvalue weighted by molar-refractivity contribution is -0.151. The largest absolute Gasteiger partial charge is 0.455 e. The van der Waals surface area contributed by atoms with Crippen LogP contribution in [0.25, 0.3) is 0 Å². The molecule has 1 aliphatic rings. The molecule has 2 amide bonds. The van der Waals surface area contributed by atoms with Crippen molar-refractivity contribution in [3.05, 3.63) is 58.3 Å². The summed E-state index contributed by atoms with van der Waals surface area (Å²) in [6.45, 7) is 1.45. The lowest BCUT2D eigenvalue weighted by atomic mass is 10.1. The molecule has 3 rings (SSSR count). The third kappa shape index (κ3) is 4.56. The van der Waals surface area contributed by atoms with E-state index in [4.69, 9.17) is 4.74 Å². The predicted molar refractivity (Wildman–Crippen MR) is 105 cm³/mol. The first kappa shape index (κ1) is 20.0. The van der Waals surface area contributed by atoms with E-state index in [1.165, 1.54) is 23.1 Å². The third-order valence-electron chi connectivity index (χ3n) is 4.39. The van der Waals surface area contributed by atoms with Crippen molar-refractivity contribution < 1.29 is 23.5 Å². The van der Waals surface area contributed by atoms with Gasteiger partial charge in [-0.1, -0.05) is 28.1 Å². The molecule has 1 fully saturated rings. The molecule has 0 bridgehead atoms. The highest BCUT2D eigenvalue weighted by Crippen LogP contribution is 2.28. The van der Waals surface area contributed by atoms with E-state index in [9.17, 15) is 18.8 Å². The van der Waals surface area contributed by atoms with E-state index in [2.05, 4.69) is 21.2 Å². The normalized spacial score (nSPS) is 16.2. The number of benzene rings is 2. The number of hydrogen-bond acceptors (Lipinski definition) is 4. The van der Waals surface area contributed by atoms with Gasteiger partial charge >= 0.3 is 5.97 Å². The topological polar surface area (TPSA) is 75.7 Å². The third-order valence-corrected chi connectivity index (χ3v) is 5.28. The fourth-order valence-electron chi connectivity index (χ4n) is 2.94. The highest BCUT2D eigenvalue weighted by molar-refractivity contribution is 9.10. The molecule has 1 heterocycles. The molecule has 1 saturated heterocycles. The van der Waals surface area contributed by atoms with Crippen LogP contribution in [0, 0.1) is 18.7 Å². The van der Waals surface area contributed by atoms with Gasteiger partial charge in [0, 0.05) is 23.1 Å². The Hall–Kier alpha value is -2.74. The van der Waals surface area contributed by atoms with E-state index in [0.717, 1.165) is 10.0 Å². The van der Waals surface area contributed by atoms with Crippen LogP contribution in [-0.4, -0.2) is 30.9 Å². The zero-order valence-electron chi connectivity index (χ0n) is 15.1. The van der Waals surface area contributed by atoms with Gasteiger partial charge in [0.1, 0.15) is 5.82 Å². The summed E-state index contributed by atoms with van der Waals surface area (Å²) in [5.74, 6) is -2.77. The Balaban J connectivity index is 1.54. The molecule has 2 aromatic carbocycles. The number of anilines is 2. The number of para-hydroxylation sites is 1. The Labute approximate surface area is 169 Å². The highest BCUT2D eigenvalue weighted by Gasteiger charge is 2.37. The van der Waals surface area contributed by atoms with Crippen molar-refractivity contribution in [2.24, 2.45) is 5.92 Å². The molecule has 0 unspecified atom stereocenters. The molecule has 146 valence electrons. The van der Waals surface area contributed by atoms with Crippen molar-refractivity contribution in [2.45, 2.75) is 13.3 Å². The Morgan fingerprint density at radius 3 is 2.75 bits per heavy atom. The maximum absolute atomic E-state index is 13.9. The number of carbonyl (C=O) groups excluding carboxylic acids is 3. The second-order valence-corrected chi connectivity index (χ2v) is 7.33. The fraction of sp³-hybridized carbons (Fsp3) is 0.250. The van der Waals surface area contributed by atoms with Crippen LogP contribution in [-0.2, 0) is 19.1 Å². The van der Waals surface area contributed by atoms with Gasteiger partial charge in [0.15, 0.2) is 6.61 Å².